The van der Waals surface area contributed by atoms with Crippen LogP contribution in [0.15, 0.2) is 41.4 Å². The predicted octanol–water partition coefficient (Wildman–Crippen LogP) is 6.04. The molecule has 2 heterocycles. The number of nitro benzene ring substituents is 1. The summed E-state index contributed by atoms with van der Waals surface area (Å²) in [5.74, 6) is 3.16. The molecule has 0 unspecified atom stereocenters. The summed E-state index contributed by atoms with van der Waals surface area (Å²) in [7, 11) is -0.864. The highest BCUT2D eigenvalue weighted by Crippen LogP contribution is 2.78. The first kappa shape index (κ1) is 19.7. The van der Waals surface area contributed by atoms with Gasteiger partial charge in [-0.25, -0.2) is 15.0 Å². The summed E-state index contributed by atoms with van der Waals surface area (Å²) >= 11 is 0. The van der Waals surface area contributed by atoms with E-state index in [-0.39, 0.29) is 20.8 Å². The van der Waals surface area contributed by atoms with E-state index >= 15 is 0 Å². The van der Waals surface area contributed by atoms with Crippen LogP contribution in [0, 0.1) is 22.5 Å². The number of para-hydroxylation sites is 1. The maximum atomic E-state index is 11.3. The van der Waals surface area contributed by atoms with E-state index in [0.29, 0.717) is 11.5 Å². The molecule has 5 nitrogen and oxygen atoms in total. The minimum absolute atomic E-state index is 0.0685. The van der Waals surface area contributed by atoms with Crippen LogP contribution in [-0.4, -0.2) is 26.2 Å². The van der Waals surface area contributed by atoms with Gasteiger partial charge in [0.25, 0.3) is 5.69 Å². The number of nitrogens with one attached hydrogen (secondary N) is 1. The summed E-state index contributed by atoms with van der Waals surface area (Å²) in [4.78, 5) is 16.9. The Kier molecular flexibility index (Phi) is 4.75. The minimum Gasteiger partial charge on any atom is -0.334 e. The van der Waals surface area contributed by atoms with Crippen molar-refractivity contribution < 1.29 is 4.92 Å². The van der Waals surface area contributed by atoms with Gasteiger partial charge in [-0.2, -0.15) is 0 Å². The maximum Gasteiger partial charge on any atom is 0.292 e. The molecule has 0 aliphatic carbocycles. The summed E-state index contributed by atoms with van der Waals surface area (Å²) in [5.41, 5.74) is 1.62. The molecule has 0 spiro atoms. The Morgan fingerprint density at radius 3 is 2.26 bits per heavy atom. The van der Waals surface area contributed by atoms with Crippen LogP contribution < -0.4 is 5.32 Å². The lowest BCUT2D eigenvalue weighted by Crippen LogP contribution is -2.37. The molecule has 0 saturated carbocycles. The molecule has 0 amide bonds. The molecule has 1 aromatic carbocycles. The molecule has 1 saturated heterocycles. The summed E-state index contributed by atoms with van der Waals surface area (Å²) in [6.45, 7) is 13.6. The van der Waals surface area contributed by atoms with E-state index in [1.165, 1.54) is 22.5 Å². The van der Waals surface area contributed by atoms with Gasteiger partial charge in [0, 0.05) is 21.9 Å². The molecule has 0 bridgehead atoms. The molecule has 2 aromatic rings. The summed E-state index contributed by atoms with van der Waals surface area (Å²) in [5, 5.41) is 14.5. The quantitative estimate of drug-likeness (QED) is 0.385. The SMILES string of the molecule is Cc1cccc([N+](=O)[O-])c1Nc1ccc(S2(C(C)(C)C(C)(C)C)CC2)cn1. The van der Waals surface area contributed by atoms with Crippen LogP contribution in [0.5, 0.6) is 0 Å². The van der Waals surface area contributed by atoms with E-state index in [9.17, 15) is 10.1 Å². The van der Waals surface area contributed by atoms with E-state index in [4.69, 9.17) is 0 Å². The number of pyridine rings is 1. The number of aryl methyl sites for hydroxylation is 1. The van der Waals surface area contributed by atoms with Crippen molar-refractivity contribution in [2.75, 3.05) is 16.8 Å². The zero-order valence-corrected chi connectivity index (χ0v) is 17.8. The van der Waals surface area contributed by atoms with Crippen molar-refractivity contribution in [3.8, 4) is 0 Å². The van der Waals surface area contributed by atoms with Crippen molar-refractivity contribution in [3.63, 3.8) is 0 Å². The Morgan fingerprint density at radius 2 is 1.78 bits per heavy atom. The van der Waals surface area contributed by atoms with Crippen molar-refractivity contribution in [1.29, 1.82) is 0 Å². The number of anilines is 2. The Morgan fingerprint density at radius 1 is 1.11 bits per heavy atom. The first-order valence-corrected chi connectivity index (χ1v) is 11.2. The number of hydrogen-bond donors (Lipinski definition) is 1. The van der Waals surface area contributed by atoms with Crippen LogP contribution in [0.1, 0.15) is 40.2 Å². The molecule has 1 aliphatic heterocycles. The molecule has 1 aromatic heterocycles. The second-order valence-corrected chi connectivity index (χ2v) is 12.9. The van der Waals surface area contributed by atoms with Crippen LogP contribution in [-0.2, 0) is 0 Å². The molecule has 6 heteroatoms. The third kappa shape index (κ3) is 3.31. The van der Waals surface area contributed by atoms with E-state index < -0.39 is 10.0 Å². The van der Waals surface area contributed by atoms with Gasteiger partial charge < -0.3 is 5.32 Å². The minimum atomic E-state index is -0.864. The summed E-state index contributed by atoms with van der Waals surface area (Å²) in [6.07, 6.45) is 1.97. The Labute approximate surface area is 163 Å². The Balaban J connectivity index is 1.89. The molecular formula is C21H29N3O2S. The zero-order chi connectivity index (χ0) is 20.0. The standard InChI is InChI=1S/C21H29N3O2S/c1-15-8-7-9-17(24(25)26)19(15)23-18-11-10-16(14-22-18)27(12-13-27)21(5,6)20(2,3)4/h7-11,14H,12-13H2,1-6H3,(H,22,23). The highest BCUT2D eigenvalue weighted by molar-refractivity contribution is 8.40. The number of nitro groups is 1. The molecule has 27 heavy (non-hydrogen) atoms. The molecule has 3 rings (SSSR count). The van der Waals surface area contributed by atoms with Crippen molar-refractivity contribution in [1.82, 2.24) is 4.98 Å². The van der Waals surface area contributed by atoms with Gasteiger partial charge in [0.2, 0.25) is 0 Å². The van der Waals surface area contributed by atoms with Gasteiger partial charge in [-0.05, 0) is 41.5 Å². The lowest BCUT2D eigenvalue weighted by molar-refractivity contribution is -0.384. The summed E-state index contributed by atoms with van der Waals surface area (Å²) in [6, 6.07) is 9.19. The van der Waals surface area contributed by atoms with Crippen LogP contribution in [0.2, 0.25) is 0 Å². The number of aromatic nitrogens is 1. The van der Waals surface area contributed by atoms with E-state index in [2.05, 4.69) is 51.0 Å². The smallest absolute Gasteiger partial charge is 0.292 e. The van der Waals surface area contributed by atoms with Gasteiger partial charge in [0.05, 0.1) is 4.92 Å². The second-order valence-electron chi connectivity index (χ2n) is 8.78. The molecule has 1 N–H and O–H groups in total. The third-order valence-electron chi connectivity index (χ3n) is 6.28. The van der Waals surface area contributed by atoms with Gasteiger partial charge in [0.1, 0.15) is 11.5 Å². The van der Waals surface area contributed by atoms with Gasteiger partial charge >= 0.3 is 0 Å². The molecule has 0 atom stereocenters. The van der Waals surface area contributed by atoms with Crippen LogP contribution in [0.25, 0.3) is 0 Å². The van der Waals surface area contributed by atoms with Crippen LogP contribution >= 0.6 is 10.0 Å². The first-order chi connectivity index (χ1) is 12.5. The Hall–Kier alpha value is -2.08. The molecule has 146 valence electrons. The highest BCUT2D eigenvalue weighted by atomic mass is 32.3. The fourth-order valence-electron chi connectivity index (χ4n) is 3.49. The van der Waals surface area contributed by atoms with Gasteiger partial charge in [-0.3, -0.25) is 10.1 Å². The second kappa shape index (κ2) is 6.51. The third-order valence-corrected chi connectivity index (χ3v) is 11.2. The normalized spacial score (nSPS) is 17.3. The number of hydrogen-bond acceptors (Lipinski definition) is 4. The molecule has 1 aliphatic rings. The van der Waals surface area contributed by atoms with Gasteiger partial charge in [0.15, 0.2) is 0 Å². The largest absolute Gasteiger partial charge is 0.334 e. The molecule has 0 radical (unpaired) electrons. The van der Waals surface area contributed by atoms with Gasteiger partial charge in [-0.1, -0.05) is 46.8 Å². The maximum absolute atomic E-state index is 11.3. The van der Waals surface area contributed by atoms with Crippen molar-refractivity contribution in [2.24, 2.45) is 5.41 Å². The average molecular weight is 388 g/mol. The van der Waals surface area contributed by atoms with Crippen LogP contribution in [0.3, 0.4) is 0 Å². The van der Waals surface area contributed by atoms with Crippen LogP contribution in [0.4, 0.5) is 17.2 Å². The van der Waals surface area contributed by atoms with E-state index in [1.807, 2.05) is 25.3 Å². The predicted molar refractivity (Wildman–Crippen MR) is 114 cm³/mol. The molecular weight excluding hydrogens is 358 g/mol. The van der Waals surface area contributed by atoms with E-state index in [1.54, 1.807) is 6.07 Å². The number of rotatable bonds is 5. The summed E-state index contributed by atoms with van der Waals surface area (Å²) < 4.78 is 0.228. The Bertz CT molecular complexity index is 866. The average Bonchev–Trinajstić information content (AvgIpc) is 3.38. The zero-order valence-electron chi connectivity index (χ0n) is 17.0. The first-order valence-electron chi connectivity index (χ1n) is 9.25. The lowest BCUT2D eigenvalue weighted by atomic mass is 9.82. The van der Waals surface area contributed by atoms with E-state index in [0.717, 1.165) is 5.56 Å². The van der Waals surface area contributed by atoms with Gasteiger partial charge in [-0.15, -0.1) is 0 Å². The number of benzene rings is 1. The topological polar surface area (TPSA) is 68.1 Å². The monoisotopic (exact) mass is 387 g/mol. The van der Waals surface area contributed by atoms with Crippen molar-refractivity contribution >= 4 is 27.2 Å². The fraction of sp³-hybridized carbons (Fsp3) is 0.476. The number of nitrogens with zero attached hydrogens (tertiary/aromatic N) is 2. The lowest BCUT2D eigenvalue weighted by Gasteiger charge is -2.49. The van der Waals surface area contributed by atoms with Crippen molar-refractivity contribution in [2.45, 2.75) is 51.2 Å². The molecule has 1 fully saturated rings. The fourth-order valence-corrected chi connectivity index (χ4v) is 7.99. The highest BCUT2D eigenvalue weighted by Gasteiger charge is 2.55. The van der Waals surface area contributed by atoms with Crippen molar-refractivity contribution in [3.05, 3.63) is 52.2 Å².